The van der Waals surface area contributed by atoms with Crippen molar-refractivity contribution in [3.8, 4) is 0 Å². The molecule has 1 aromatic heterocycles. The summed E-state index contributed by atoms with van der Waals surface area (Å²) in [5, 5.41) is 2.37. The van der Waals surface area contributed by atoms with E-state index in [-0.39, 0.29) is 26.3 Å². The molecule has 0 saturated heterocycles. The average Bonchev–Trinajstić information content (AvgIpc) is 2.79. The Kier molecular flexibility index (Phi) is 4.48. The van der Waals surface area contributed by atoms with Gasteiger partial charge < -0.3 is 9.88 Å². The minimum Gasteiger partial charge on any atom is -0.340 e. The molecular weight excluding hydrogens is 361 g/mol. The number of nitrogens with zero attached hydrogens (tertiary/aromatic N) is 2. The molecule has 1 aromatic carbocycles. The minimum absolute atomic E-state index is 0.0500. The highest BCUT2D eigenvalue weighted by Gasteiger charge is 2.18. The van der Waals surface area contributed by atoms with Crippen LogP contribution in [0, 0.1) is 0 Å². The first kappa shape index (κ1) is 16.1. The molecule has 21 heavy (non-hydrogen) atoms. The first-order valence-corrected chi connectivity index (χ1v) is 8.48. The first-order valence-electron chi connectivity index (χ1n) is 5.41. The summed E-state index contributed by atoms with van der Waals surface area (Å²) in [5.74, 6) is -0.527. The maximum absolute atomic E-state index is 12.0. The highest BCUT2D eigenvalue weighted by Crippen LogP contribution is 2.34. The van der Waals surface area contributed by atoms with Crippen molar-refractivity contribution in [2.24, 2.45) is 7.05 Å². The molecule has 0 aliphatic heterocycles. The Morgan fingerprint density at radius 2 is 1.86 bits per heavy atom. The van der Waals surface area contributed by atoms with Gasteiger partial charge in [0.2, 0.25) is 0 Å². The van der Waals surface area contributed by atoms with Gasteiger partial charge in [-0.1, -0.05) is 23.2 Å². The fraction of sp³-hybridized carbons (Fsp3) is 0.0909. The average molecular weight is 369 g/mol. The van der Waals surface area contributed by atoms with Crippen LogP contribution in [0.2, 0.25) is 10.0 Å². The van der Waals surface area contributed by atoms with Crippen LogP contribution in [0.4, 0.5) is 5.69 Å². The van der Waals surface area contributed by atoms with Gasteiger partial charge in [-0.2, -0.15) is 0 Å². The predicted octanol–water partition coefficient (Wildman–Crippen LogP) is 2.91. The van der Waals surface area contributed by atoms with E-state index in [0.717, 1.165) is 12.1 Å². The monoisotopic (exact) mass is 367 g/mol. The van der Waals surface area contributed by atoms with Crippen LogP contribution in [-0.4, -0.2) is 23.9 Å². The summed E-state index contributed by atoms with van der Waals surface area (Å²) in [5.41, 5.74) is 0.247. The van der Waals surface area contributed by atoms with Gasteiger partial charge in [0.25, 0.3) is 15.0 Å². The maximum Gasteiger partial charge on any atom is 0.275 e. The summed E-state index contributed by atoms with van der Waals surface area (Å²) >= 11 is 11.9. The smallest absolute Gasteiger partial charge is 0.275 e. The van der Waals surface area contributed by atoms with Gasteiger partial charge in [0.1, 0.15) is 5.69 Å². The van der Waals surface area contributed by atoms with Gasteiger partial charge >= 0.3 is 0 Å². The number of imidazole rings is 1. The molecule has 0 saturated carbocycles. The van der Waals surface area contributed by atoms with E-state index in [2.05, 4.69) is 10.3 Å². The van der Waals surface area contributed by atoms with Crippen LogP contribution in [0.1, 0.15) is 10.5 Å². The lowest BCUT2D eigenvalue weighted by molar-refractivity contribution is 0.102. The van der Waals surface area contributed by atoms with E-state index in [9.17, 15) is 13.2 Å². The summed E-state index contributed by atoms with van der Waals surface area (Å²) in [6, 6.07) is 2.20. The standard InChI is InChI=1S/C11H8Cl3N3O3S/c1-17-4-9(15-5-17)11(18)16-10-7(12)2-6(3-8(10)13)21(14,19)20/h2-5H,1H3,(H,16,18). The van der Waals surface area contributed by atoms with E-state index >= 15 is 0 Å². The highest BCUT2D eigenvalue weighted by molar-refractivity contribution is 8.13. The maximum atomic E-state index is 12.0. The molecule has 0 unspecified atom stereocenters. The Labute approximate surface area is 135 Å². The molecule has 1 heterocycles. The zero-order chi connectivity index (χ0) is 15.8. The van der Waals surface area contributed by atoms with E-state index < -0.39 is 15.0 Å². The zero-order valence-corrected chi connectivity index (χ0v) is 13.6. The summed E-state index contributed by atoms with van der Waals surface area (Å²) < 4.78 is 24.1. The fourth-order valence-corrected chi connectivity index (χ4v) is 3.01. The molecule has 6 nitrogen and oxygen atoms in total. The molecule has 0 aliphatic rings. The Balaban J connectivity index is 2.35. The number of aromatic nitrogens is 2. The van der Waals surface area contributed by atoms with E-state index in [1.165, 1.54) is 12.5 Å². The fourth-order valence-electron chi connectivity index (χ4n) is 1.52. The van der Waals surface area contributed by atoms with Gasteiger partial charge in [0, 0.05) is 23.9 Å². The second-order valence-electron chi connectivity index (χ2n) is 4.08. The van der Waals surface area contributed by atoms with Gasteiger partial charge in [-0.3, -0.25) is 4.79 Å². The molecule has 0 bridgehead atoms. The number of hydrogen-bond acceptors (Lipinski definition) is 4. The number of aryl methyl sites for hydroxylation is 1. The van der Waals surface area contributed by atoms with Crippen LogP contribution in [0.5, 0.6) is 0 Å². The largest absolute Gasteiger partial charge is 0.340 e. The second kappa shape index (κ2) is 5.84. The van der Waals surface area contributed by atoms with Crippen molar-refractivity contribution in [2.75, 3.05) is 5.32 Å². The third kappa shape index (κ3) is 3.68. The normalized spacial score (nSPS) is 11.4. The number of anilines is 1. The van der Waals surface area contributed by atoms with Gasteiger partial charge in [-0.15, -0.1) is 0 Å². The number of nitrogens with one attached hydrogen (secondary N) is 1. The van der Waals surface area contributed by atoms with Crippen LogP contribution in [0.3, 0.4) is 0 Å². The van der Waals surface area contributed by atoms with Gasteiger partial charge in [-0.25, -0.2) is 13.4 Å². The van der Waals surface area contributed by atoms with Crippen molar-refractivity contribution in [1.82, 2.24) is 9.55 Å². The number of carbonyl (C=O) groups excluding carboxylic acids is 1. The van der Waals surface area contributed by atoms with Crippen LogP contribution >= 0.6 is 33.9 Å². The van der Waals surface area contributed by atoms with Crippen molar-refractivity contribution in [2.45, 2.75) is 4.90 Å². The third-order valence-corrected chi connectivity index (χ3v) is 4.40. The van der Waals surface area contributed by atoms with E-state index in [1.807, 2.05) is 0 Å². The van der Waals surface area contributed by atoms with E-state index in [1.54, 1.807) is 11.6 Å². The first-order chi connectivity index (χ1) is 9.68. The molecule has 0 atom stereocenters. The van der Waals surface area contributed by atoms with E-state index in [0.29, 0.717) is 0 Å². The molecule has 0 fully saturated rings. The summed E-state index contributed by atoms with van der Waals surface area (Å²) in [6.07, 6.45) is 2.97. The molecular formula is C11H8Cl3N3O3S. The van der Waals surface area contributed by atoms with Crippen LogP contribution in [-0.2, 0) is 16.1 Å². The number of amides is 1. The van der Waals surface area contributed by atoms with Crippen LogP contribution < -0.4 is 5.32 Å². The quantitative estimate of drug-likeness (QED) is 0.845. The number of hydrogen-bond donors (Lipinski definition) is 1. The number of benzene rings is 1. The SMILES string of the molecule is Cn1cnc(C(=O)Nc2c(Cl)cc(S(=O)(=O)Cl)cc2Cl)c1. The van der Waals surface area contributed by atoms with Crippen molar-refractivity contribution >= 4 is 54.5 Å². The third-order valence-electron chi connectivity index (χ3n) is 2.47. The van der Waals surface area contributed by atoms with Gasteiger partial charge in [0.05, 0.1) is 27.0 Å². The molecule has 1 N–H and O–H groups in total. The Morgan fingerprint density at radius 1 is 1.29 bits per heavy atom. The lowest BCUT2D eigenvalue weighted by atomic mass is 10.3. The van der Waals surface area contributed by atoms with Crippen molar-refractivity contribution in [3.05, 3.63) is 40.4 Å². The number of halogens is 3. The summed E-state index contributed by atoms with van der Waals surface area (Å²) in [7, 11) is 2.96. The summed E-state index contributed by atoms with van der Waals surface area (Å²) in [4.78, 5) is 15.6. The molecule has 1 amide bonds. The van der Waals surface area contributed by atoms with Gasteiger partial charge in [0.15, 0.2) is 0 Å². The van der Waals surface area contributed by atoms with Crippen molar-refractivity contribution in [1.29, 1.82) is 0 Å². The van der Waals surface area contributed by atoms with Gasteiger partial charge in [-0.05, 0) is 12.1 Å². The molecule has 10 heteroatoms. The molecule has 2 rings (SSSR count). The molecule has 2 aromatic rings. The highest BCUT2D eigenvalue weighted by atomic mass is 35.7. The molecule has 0 spiro atoms. The Bertz CT molecular complexity index is 794. The topological polar surface area (TPSA) is 81.1 Å². The number of rotatable bonds is 3. The Morgan fingerprint density at radius 3 is 2.29 bits per heavy atom. The van der Waals surface area contributed by atoms with Crippen LogP contribution in [0.25, 0.3) is 0 Å². The predicted molar refractivity (Wildman–Crippen MR) is 80.7 cm³/mol. The Hall–Kier alpha value is -1.28. The molecule has 112 valence electrons. The second-order valence-corrected chi connectivity index (χ2v) is 7.46. The van der Waals surface area contributed by atoms with Crippen molar-refractivity contribution < 1.29 is 13.2 Å². The lowest BCUT2D eigenvalue weighted by Crippen LogP contribution is -2.13. The number of carbonyl (C=O) groups is 1. The van der Waals surface area contributed by atoms with Crippen molar-refractivity contribution in [3.63, 3.8) is 0 Å². The zero-order valence-electron chi connectivity index (χ0n) is 10.5. The summed E-state index contributed by atoms with van der Waals surface area (Å²) in [6.45, 7) is 0. The molecule has 0 aliphatic carbocycles. The lowest BCUT2D eigenvalue weighted by Gasteiger charge is -2.09. The molecule has 0 radical (unpaired) electrons. The van der Waals surface area contributed by atoms with Crippen LogP contribution in [0.15, 0.2) is 29.6 Å². The van der Waals surface area contributed by atoms with E-state index in [4.69, 9.17) is 33.9 Å². The minimum atomic E-state index is -3.97.